The Morgan fingerprint density at radius 2 is 1.89 bits per heavy atom. The molecule has 0 saturated carbocycles. The number of anilines is 2. The summed E-state index contributed by atoms with van der Waals surface area (Å²) in [6.45, 7) is 10.2. The van der Waals surface area contributed by atoms with Crippen LogP contribution in [0.3, 0.4) is 0 Å². The summed E-state index contributed by atoms with van der Waals surface area (Å²) in [6.07, 6.45) is 0. The molecule has 1 aromatic heterocycles. The van der Waals surface area contributed by atoms with Crippen LogP contribution < -0.4 is 15.8 Å². The van der Waals surface area contributed by atoms with Crippen molar-refractivity contribution in [3.63, 3.8) is 0 Å². The Morgan fingerprint density at radius 1 is 1.26 bits per heavy atom. The molecule has 6 heteroatoms. The lowest BCUT2D eigenvalue weighted by molar-refractivity contribution is 0.140. The van der Waals surface area contributed by atoms with Gasteiger partial charge in [-0.15, -0.1) is 0 Å². The third-order valence-corrected chi connectivity index (χ3v) is 2.90. The minimum absolute atomic E-state index is 0.214. The molecule has 0 atom stereocenters. The van der Waals surface area contributed by atoms with E-state index in [-0.39, 0.29) is 5.95 Å². The van der Waals surface area contributed by atoms with Crippen molar-refractivity contribution < 1.29 is 4.74 Å². The molecular formula is C13H25N5O. The van der Waals surface area contributed by atoms with Crippen LogP contribution in [0.2, 0.25) is 0 Å². The fourth-order valence-corrected chi connectivity index (χ4v) is 2.01. The quantitative estimate of drug-likeness (QED) is 0.781. The molecule has 6 nitrogen and oxygen atoms in total. The van der Waals surface area contributed by atoms with Gasteiger partial charge in [-0.1, -0.05) is 0 Å². The first-order valence-corrected chi connectivity index (χ1v) is 6.65. The average molecular weight is 267 g/mol. The lowest BCUT2D eigenvalue weighted by atomic mass is 10.2. The Kier molecular flexibility index (Phi) is 5.82. The van der Waals surface area contributed by atoms with Crippen LogP contribution >= 0.6 is 0 Å². The van der Waals surface area contributed by atoms with Gasteiger partial charge in [0, 0.05) is 31.7 Å². The van der Waals surface area contributed by atoms with E-state index in [1.54, 1.807) is 13.1 Å². The zero-order valence-corrected chi connectivity index (χ0v) is 12.5. The Morgan fingerprint density at radius 3 is 2.42 bits per heavy atom. The number of nitrogen functional groups attached to an aromatic ring is 1. The molecule has 1 heterocycles. The van der Waals surface area contributed by atoms with Crippen LogP contribution in [0.5, 0.6) is 5.88 Å². The number of ether oxygens (including phenoxy) is 1. The topological polar surface area (TPSA) is 76.3 Å². The summed E-state index contributed by atoms with van der Waals surface area (Å²) in [4.78, 5) is 10.4. The Labute approximate surface area is 115 Å². The summed E-state index contributed by atoms with van der Waals surface area (Å²) in [5.74, 6) is 1.38. The van der Waals surface area contributed by atoms with Crippen LogP contribution in [0.15, 0.2) is 6.07 Å². The maximum Gasteiger partial charge on any atom is 0.225 e. The van der Waals surface area contributed by atoms with E-state index in [4.69, 9.17) is 10.5 Å². The van der Waals surface area contributed by atoms with Crippen LogP contribution in [-0.2, 0) is 0 Å². The lowest BCUT2D eigenvalue weighted by Crippen LogP contribution is -2.39. The second kappa shape index (κ2) is 7.13. The highest BCUT2D eigenvalue weighted by atomic mass is 16.5. The molecule has 0 spiro atoms. The molecular weight excluding hydrogens is 242 g/mol. The molecule has 0 unspecified atom stereocenters. The summed E-state index contributed by atoms with van der Waals surface area (Å²) in [6, 6.07) is 2.73. The van der Waals surface area contributed by atoms with E-state index >= 15 is 0 Å². The van der Waals surface area contributed by atoms with Crippen molar-refractivity contribution in [3.05, 3.63) is 6.07 Å². The highest BCUT2D eigenvalue weighted by Crippen LogP contribution is 2.14. The molecule has 1 rings (SSSR count). The van der Waals surface area contributed by atoms with Crippen molar-refractivity contribution in [2.75, 3.05) is 31.2 Å². The molecule has 0 amide bonds. The number of rotatable bonds is 7. The Balaban J connectivity index is 2.55. The van der Waals surface area contributed by atoms with Crippen LogP contribution in [0.4, 0.5) is 11.8 Å². The van der Waals surface area contributed by atoms with Gasteiger partial charge in [0.1, 0.15) is 12.4 Å². The predicted octanol–water partition coefficient (Wildman–Crippen LogP) is 1.60. The van der Waals surface area contributed by atoms with Crippen molar-refractivity contribution in [1.29, 1.82) is 0 Å². The summed E-state index contributed by atoms with van der Waals surface area (Å²) in [7, 11) is 1.78. The number of hydrogen-bond donors (Lipinski definition) is 2. The fourth-order valence-electron chi connectivity index (χ4n) is 2.01. The van der Waals surface area contributed by atoms with Gasteiger partial charge >= 0.3 is 0 Å². The molecule has 0 bridgehead atoms. The highest BCUT2D eigenvalue weighted by molar-refractivity contribution is 5.41. The minimum Gasteiger partial charge on any atom is -0.476 e. The molecule has 0 aromatic carbocycles. The van der Waals surface area contributed by atoms with Crippen LogP contribution in [0.1, 0.15) is 27.7 Å². The zero-order chi connectivity index (χ0) is 14.4. The summed E-state index contributed by atoms with van der Waals surface area (Å²) < 4.78 is 5.65. The fraction of sp³-hybridized carbons (Fsp3) is 0.692. The van der Waals surface area contributed by atoms with Crippen molar-refractivity contribution in [3.8, 4) is 5.88 Å². The molecule has 0 aliphatic rings. The van der Waals surface area contributed by atoms with Gasteiger partial charge in [-0.2, -0.15) is 9.97 Å². The van der Waals surface area contributed by atoms with Crippen molar-refractivity contribution in [1.82, 2.24) is 14.9 Å². The van der Waals surface area contributed by atoms with E-state index in [9.17, 15) is 0 Å². The number of nitrogens with zero attached hydrogens (tertiary/aromatic N) is 3. The van der Waals surface area contributed by atoms with Crippen molar-refractivity contribution in [2.45, 2.75) is 39.8 Å². The third-order valence-electron chi connectivity index (χ3n) is 2.90. The normalized spacial score (nSPS) is 11.4. The van der Waals surface area contributed by atoms with Gasteiger partial charge in [0.05, 0.1) is 0 Å². The monoisotopic (exact) mass is 267 g/mol. The van der Waals surface area contributed by atoms with Crippen LogP contribution in [0.25, 0.3) is 0 Å². The molecule has 0 fully saturated rings. The van der Waals surface area contributed by atoms with Crippen molar-refractivity contribution in [2.24, 2.45) is 0 Å². The maximum atomic E-state index is 5.65. The molecule has 0 saturated heterocycles. The SMILES string of the molecule is CNc1cc(OCCN(C(C)C)C(C)C)nc(N)n1. The van der Waals surface area contributed by atoms with E-state index in [0.29, 0.717) is 30.4 Å². The first-order valence-electron chi connectivity index (χ1n) is 6.65. The molecule has 0 aliphatic heterocycles. The average Bonchev–Trinajstić information content (AvgIpc) is 2.32. The number of nitrogens with one attached hydrogen (secondary N) is 1. The Bertz CT molecular complexity index is 387. The first kappa shape index (κ1) is 15.5. The largest absolute Gasteiger partial charge is 0.476 e. The van der Waals surface area contributed by atoms with E-state index in [1.807, 2.05) is 0 Å². The van der Waals surface area contributed by atoms with Crippen LogP contribution in [0, 0.1) is 0 Å². The van der Waals surface area contributed by atoms with Gasteiger partial charge in [0.15, 0.2) is 0 Å². The van der Waals surface area contributed by atoms with E-state index in [0.717, 1.165) is 6.54 Å². The van der Waals surface area contributed by atoms with Crippen LogP contribution in [-0.4, -0.2) is 47.2 Å². The second-order valence-electron chi connectivity index (χ2n) is 4.97. The number of nitrogens with two attached hydrogens (primary N) is 1. The van der Waals surface area contributed by atoms with Gasteiger partial charge in [0.25, 0.3) is 0 Å². The minimum atomic E-state index is 0.214. The first-order chi connectivity index (χ1) is 8.93. The second-order valence-corrected chi connectivity index (χ2v) is 4.97. The Hall–Kier alpha value is -1.56. The van der Waals surface area contributed by atoms with E-state index in [1.165, 1.54) is 0 Å². The standard InChI is InChI=1S/C13H25N5O/c1-9(2)18(10(3)4)6-7-19-12-8-11(15-5)16-13(14)17-12/h8-10H,6-7H2,1-5H3,(H3,14,15,16,17). The summed E-state index contributed by atoms with van der Waals surface area (Å²) in [5.41, 5.74) is 5.61. The lowest BCUT2D eigenvalue weighted by Gasteiger charge is -2.30. The predicted molar refractivity (Wildman–Crippen MR) is 78.5 cm³/mol. The molecule has 0 radical (unpaired) electrons. The van der Waals surface area contributed by atoms with Gasteiger partial charge in [-0.3, -0.25) is 4.90 Å². The van der Waals surface area contributed by atoms with Gasteiger partial charge < -0.3 is 15.8 Å². The van der Waals surface area contributed by atoms with E-state index in [2.05, 4.69) is 47.9 Å². The molecule has 108 valence electrons. The smallest absolute Gasteiger partial charge is 0.225 e. The molecule has 0 aliphatic carbocycles. The zero-order valence-electron chi connectivity index (χ0n) is 12.5. The number of aromatic nitrogens is 2. The maximum absolute atomic E-state index is 5.65. The molecule has 3 N–H and O–H groups in total. The third kappa shape index (κ3) is 4.90. The van der Waals surface area contributed by atoms with Gasteiger partial charge in [-0.05, 0) is 27.7 Å². The van der Waals surface area contributed by atoms with Crippen molar-refractivity contribution >= 4 is 11.8 Å². The molecule has 1 aromatic rings. The van der Waals surface area contributed by atoms with E-state index < -0.39 is 0 Å². The van der Waals surface area contributed by atoms with Gasteiger partial charge in [-0.25, -0.2) is 0 Å². The van der Waals surface area contributed by atoms with Gasteiger partial charge in [0.2, 0.25) is 11.8 Å². The number of hydrogen-bond acceptors (Lipinski definition) is 6. The molecule has 19 heavy (non-hydrogen) atoms. The summed E-state index contributed by atoms with van der Waals surface area (Å²) in [5, 5.41) is 2.92. The summed E-state index contributed by atoms with van der Waals surface area (Å²) >= 11 is 0. The highest BCUT2D eigenvalue weighted by Gasteiger charge is 2.13.